The minimum Gasteiger partial charge on any atom is -0.438 e. The van der Waals surface area contributed by atoms with E-state index in [-0.39, 0.29) is 0 Å². The standard InChI is InChI=1S/C19H18N2O4/c1-2-18(12-22)25-19(24)21-17-9-5-15(6-10-17)11-14-3-7-16(8-4-14)20-13-23/h3-10,12,18H,2,11H2,1H3,(H,21,24). The lowest BCUT2D eigenvalue weighted by Gasteiger charge is -2.11. The van der Waals surface area contributed by atoms with E-state index in [9.17, 15) is 14.4 Å². The first-order valence-electron chi connectivity index (χ1n) is 7.83. The van der Waals surface area contributed by atoms with Crippen LogP contribution in [0.5, 0.6) is 0 Å². The number of aliphatic imine (C=N–C) groups is 1. The van der Waals surface area contributed by atoms with Gasteiger partial charge in [-0.15, -0.1) is 0 Å². The lowest BCUT2D eigenvalue weighted by molar-refractivity contribution is -0.115. The number of anilines is 1. The minimum atomic E-state index is -0.731. The number of benzene rings is 2. The predicted molar refractivity (Wildman–Crippen MR) is 93.7 cm³/mol. The lowest BCUT2D eigenvalue weighted by atomic mass is 10.0. The van der Waals surface area contributed by atoms with Crippen LogP contribution in [0.25, 0.3) is 0 Å². The van der Waals surface area contributed by atoms with Crippen molar-refractivity contribution >= 4 is 29.8 Å². The second-order valence-corrected chi connectivity index (χ2v) is 5.36. The number of nitrogens with zero attached hydrogens (tertiary/aromatic N) is 1. The van der Waals surface area contributed by atoms with Crippen molar-refractivity contribution in [2.24, 2.45) is 4.99 Å². The molecule has 1 N–H and O–H groups in total. The number of hydrogen-bond acceptors (Lipinski definition) is 5. The van der Waals surface area contributed by atoms with Crippen molar-refractivity contribution in [2.45, 2.75) is 25.9 Å². The van der Waals surface area contributed by atoms with Crippen molar-refractivity contribution in [3.05, 3.63) is 59.7 Å². The summed E-state index contributed by atoms with van der Waals surface area (Å²) in [5, 5.41) is 2.58. The van der Waals surface area contributed by atoms with Gasteiger partial charge < -0.3 is 4.74 Å². The molecular weight excluding hydrogens is 320 g/mol. The average Bonchev–Trinajstić information content (AvgIpc) is 2.63. The van der Waals surface area contributed by atoms with Gasteiger partial charge >= 0.3 is 6.09 Å². The first-order valence-corrected chi connectivity index (χ1v) is 7.83. The highest BCUT2D eigenvalue weighted by Gasteiger charge is 2.11. The molecule has 0 bridgehead atoms. The monoisotopic (exact) mass is 338 g/mol. The third-order valence-corrected chi connectivity index (χ3v) is 3.53. The third-order valence-electron chi connectivity index (χ3n) is 3.53. The average molecular weight is 338 g/mol. The molecule has 6 heteroatoms. The van der Waals surface area contributed by atoms with Gasteiger partial charge in [0.25, 0.3) is 0 Å². The smallest absolute Gasteiger partial charge is 0.412 e. The van der Waals surface area contributed by atoms with Crippen molar-refractivity contribution in [1.82, 2.24) is 0 Å². The summed E-state index contributed by atoms with van der Waals surface area (Å²) in [6, 6.07) is 14.6. The summed E-state index contributed by atoms with van der Waals surface area (Å²) in [7, 11) is 0. The van der Waals surface area contributed by atoms with Crippen LogP contribution in [0.2, 0.25) is 0 Å². The van der Waals surface area contributed by atoms with Gasteiger partial charge in [0, 0.05) is 5.69 Å². The molecular formula is C19H18N2O4. The number of aldehydes is 1. The maximum Gasteiger partial charge on any atom is 0.412 e. The normalized spacial score (nSPS) is 11.1. The van der Waals surface area contributed by atoms with E-state index in [4.69, 9.17) is 4.74 Å². The molecule has 0 aliphatic carbocycles. The molecule has 1 unspecified atom stereocenters. The zero-order chi connectivity index (χ0) is 18.1. The first-order chi connectivity index (χ1) is 12.1. The molecule has 6 nitrogen and oxygen atoms in total. The van der Waals surface area contributed by atoms with E-state index in [1.54, 1.807) is 31.2 Å². The highest BCUT2D eigenvalue weighted by atomic mass is 16.6. The second-order valence-electron chi connectivity index (χ2n) is 5.36. The number of carbonyl (C=O) groups excluding carboxylic acids is 3. The number of carbonyl (C=O) groups is 2. The van der Waals surface area contributed by atoms with Gasteiger partial charge in [-0.3, -0.25) is 10.1 Å². The summed E-state index contributed by atoms with van der Waals surface area (Å²) in [6.07, 6.45) is 1.87. The zero-order valence-corrected chi connectivity index (χ0v) is 13.8. The van der Waals surface area contributed by atoms with E-state index in [1.165, 1.54) is 6.08 Å². The third kappa shape index (κ3) is 5.71. The van der Waals surface area contributed by atoms with E-state index >= 15 is 0 Å². The van der Waals surface area contributed by atoms with Crippen LogP contribution < -0.4 is 5.32 Å². The second kappa shape index (κ2) is 9.15. The number of ether oxygens (including phenoxy) is 1. The van der Waals surface area contributed by atoms with Crippen LogP contribution in [0, 0.1) is 0 Å². The predicted octanol–water partition coefficient (Wildman–Crippen LogP) is 3.77. The fourth-order valence-corrected chi connectivity index (χ4v) is 2.17. The molecule has 0 spiro atoms. The summed E-state index contributed by atoms with van der Waals surface area (Å²) in [4.78, 5) is 36.1. The first kappa shape index (κ1) is 18.1. The Balaban J connectivity index is 1.94. The summed E-state index contributed by atoms with van der Waals surface area (Å²) in [5.74, 6) is 0. The molecule has 2 aromatic carbocycles. The van der Waals surface area contributed by atoms with Crippen LogP contribution in [0.1, 0.15) is 24.5 Å². The van der Waals surface area contributed by atoms with E-state index in [0.29, 0.717) is 30.5 Å². The Hall–Kier alpha value is -3.24. The molecule has 0 aromatic heterocycles. The molecule has 0 heterocycles. The van der Waals surface area contributed by atoms with Gasteiger partial charge in [-0.05, 0) is 48.2 Å². The minimum absolute atomic E-state index is 0.437. The van der Waals surface area contributed by atoms with Gasteiger partial charge in [0.1, 0.15) is 0 Å². The highest BCUT2D eigenvalue weighted by molar-refractivity contribution is 5.85. The van der Waals surface area contributed by atoms with Gasteiger partial charge in [-0.1, -0.05) is 31.2 Å². The van der Waals surface area contributed by atoms with Crippen molar-refractivity contribution in [3.63, 3.8) is 0 Å². The van der Waals surface area contributed by atoms with E-state index in [0.717, 1.165) is 11.1 Å². The maximum atomic E-state index is 11.7. The van der Waals surface area contributed by atoms with Gasteiger partial charge in [-0.25, -0.2) is 9.59 Å². The molecule has 0 saturated carbocycles. The van der Waals surface area contributed by atoms with Gasteiger partial charge in [0.15, 0.2) is 12.4 Å². The molecule has 2 aromatic rings. The lowest BCUT2D eigenvalue weighted by Crippen LogP contribution is -2.22. The van der Waals surface area contributed by atoms with E-state index < -0.39 is 12.2 Å². The van der Waals surface area contributed by atoms with Crippen molar-refractivity contribution in [2.75, 3.05) is 5.32 Å². The Bertz CT molecular complexity index is 763. The Kier molecular flexibility index (Phi) is 6.63. The molecule has 0 fully saturated rings. The summed E-state index contributed by atoms with van der Waals surface area (Å²) in [6.45, 7) is 1.76. The summed E-state index contributed by atoms with van der Waals surface area (Å²) in [5.41, 5.74) is 3.29. The SMILES string of the molecule is CCC(C=O)OC(=O)Nc1ccc(Cc2ccc(N=C=O)cc2)cc1. The molecule has 0 saturated heterocycles. The zero-order valence-electron chi connectivity index (χ0n) is 13.8. The number of nitrogens with one attached hydrogen (secondary N) is 1. The van der Waals surface area contributed by atoms with Gasteiger partial charge in [0.05, 0.1) is 5.69 Å². The molecule has 128 valence electrons. The van der Waals surface area contributed by atoms with Crippen LogP contribution in [0.4, 0.5) is 16.2 Å². The van der Waals surface area contributed by atoms with Crippen molar-refractivity contribution < 1.29 is 19.1 Å². The van der Waals surface area contributed by atoms with Crippen LogP contribution >= 0.6 is 0 Å². The molecule has 1 atom stereocenters. The molecule has 2 rings (SSSR count). The number of isocyanates is 1. The van der Waals surface area contributed by atoms with Crippen LogP contribution in [-0.4, -0.2) is 24.6 Å². The molecule has 25 heavy (non-hydrogen) atoms. The quantitative estimate of drug-likeness (QED) is 0.473. The molecule has 0 aliphatic heterocycles. The van der Waals surface area contributed by atoms with Gasteiger partial charge in [0.2, 0.25) is 6.08 Å². The highest BCUT2D eigenvalue weighted by Crippen LogP contribution is 2.17. The Morgan fingerprint density at radius 2 is 1.76 bits per heavy atom. The Morgan fingerprint density at radius 1 is 1.16 bits per heavy atom. The number of rotatable bonds is 7. The fraction of sp³-hybridized carbons (Fsp3) is 0.211. The van der Waals surface area contributed by atoms with E-state index in [2.05, 4.69) is 10.3 Å². The maximum absolute atomic E-state index is 11.7. The Morgan fingerprint density at radius 3 is 2.28 bits per heavy atom. The number of hydrogen-bond donors (Lipinski definition) is 1. The molecule has 1 amide bonds. The van der Waals surface area contributed by atoms with Crippen molar-refractivity contribution in [3.8, 4) is 0 Å². The largest absolute Gasteiger partial charge is 0.438 e. The fourth-order valence-electron chi connectivity index (χ4n) is 2.17. The van der Waals surface area contributed by atoms with Crippen LogP contribution in [0.15, 0.2) is 53.5 Å². The summed E-state index contributed by atoms with van der Waals surface area (Å²) >= 11 is 0. The summed E-state index contributed by atoms with van der Waals surface area (Å²) < 4.78 is 4.96. The van der Waals surface area contributed by atoms with E-state index in [1.807, 2.05) is 24.3 Å². The Labute approximate surface area is 145 Å². The number of amides is 1. The van der Waals surface area contributed by atoms with Crippen LogP contribution in [0.3, 0.4) is 0 Å². The van der Waals surface area contributed by atoms with Gasteiger partial charge in [-0.2, -0.15) is 4.99 Å². The molecule has 0 aliphatic rings. The molecule has 0 radical (unpaired) electrons. The van der Waals surface area contributed by atoms with Crippen molar-refractivity contribution in [1.29, 1.82) is 0 Å². The van der Waals surface area contributed by atoms with Crippen LogP contribution in [-0.2, 0) is 20.7 Å². The topological polar surface area (TPSA) is 84.8 Å².